The van der Waals surface area contributed by atoms with E-state index in [-0.39, 0.29) is 29.7 Å². The number of carbonyl (C=O) groups is 2. The van der Waals surface area contributed by atoms with Crippen LogP contribution in [0.15, 0.2) is 12.1 Å². The van der Waals surface area contributed by atoms with E-state index in [9.17, 15) is 14.9 Å². The number of nitrogens with one attached hydrogen (secondary N) is 2. The van der Waals surface area contributed by atoms with Crippen molar-refractivity contribution in [2.24, 2.45) is 11.8 Å². The van der Waals surface area contributed by atoms with E-state index in [1.54, 1.807) is 6.07 Å². The quantitative estimate of drug-likeness (QED) is 0.729. The predicted molar refractivity (Wildman–Crippen MR) is 120 cm³/mol. The lowest BCUT2D eigenvalue weighted by Crippen LogP contribution is -2.50. The van der Waals surface area contributed by atoms with E-state index in [1.165, 1.54) is 0 Å². The monoisotopic (exact) mass is 426 g/mol. The van der Waals surface area contributed by atoms with Crippen LogP contribution in [-0.4, -0.2) is 50.2 Å². The lowest BCUT2D eigenvalue weighted by molar-refractivity contribution is -0.129. The third-order valence-electron chi connectivity index (χ3n) is 6.66. The highest BCUT2D eigenvalue weighted by atomic mass is 16.5. The maximum absolute atomic E-state index is 13.1. The van der Waals surface area contributed by atoms with Crippen molar-refractivity contribution in [1.29, 1.82) is 5.26 Å². The third kappa shape index (κ3) is 5.19. The maximum Gasteiger partial charge on any atom is 0.251 e. The van der Waals surface area contributed by atoms with Gasteiger partial charge in [0.1, 0.15) is 0 Å². The molecule has 168 valence electrons. The van der Waals surface area contributed by atoms with Crippen LogP contribution < -0.4 is 15.5 Å². The summed E-state index contributed by atoms with van der Waals surface area (Å²) < 4.78 is 5.51. The van der Waals surface area contributed by atoms with Gasteiger partial charge in [0, 0.05) is 49.6 Å². The van der Waals surface area contributed by atoms with Crippen molar-refractivity contribution in [3.05, 3.63) is 28.8 Å². The summed E-state index contributed by atoms with van der Waals surface area (Å²) in [5.74, 6) is -0.285. The number of nitriles is 1. The normalized spacial score (nSPS) is 24.2. The van der Waals surface area contributed by atoms with Crippen LogP contribution in [0, 0.1) is 30.1 Å². The minimum absolute atomic E-state index is 0.00795. The third-order valence-corrected chi connectivity index (χ3v) is 6.66. The molecular weight excluding hydrogens is 392 g/mol. The number of nitrogens with zero attached hydrogens (tertiary/aromatic N) is 2. The van der Waals surface area contributed by atoms with Crippen LogP contribution >= 0.6 is 0 Å². The molecular formula is C24H34N4O3. The summed E-state index contributed by atoms with van der Waals surface area (Å²) in [6.07, 6.45) is 2.76. The molecule has 3 atom stereocenters. The predicted octanol–water partition coefficient (Wildman–Crippen LogP) is 2.76. The zero-order chi connectivity index (χ0) is 22.5. The van der Waals surface area contributed by atoms with Gasteiger partial charge in [0.05, 0.1) is 17.6 Å². The van der Waals surface area contributed by atoms with E-state index in [1.807, 2.05) is 19.9 Å². The number of piperidine rings is 1. The molecule has 0 aliphatic carbocycles. The molecule has 3 unspecified atom stereocenters. The number of carbonyl (C=O) groups excluding carboxylic acids is 2. The molecule has 7 heteroatoms. The molecule has 1 aromatic carbocycles. The van der Waals surface area contributed by atoms with Crippen molar-refractivity contribution in [2.45, 2.75) is 59.0 Å². The van der Waals surface area contributed by atoms with Crippen molar-refractivity contribution >= 4 is 17.5 Å². The molecule has 2 heterocycles. The number of anilines is 1. The Morgan fingerprint density at radius 3 is 2.65 bits per heavy atom. The Labute approximate surface area is 185 Å². The van der Waals surface area contributed by atoms with Gasteiger partial charge in [0.15, 0.2) is 0 Å². The first kappa shape index (κ1) is 23.1. The lowest BCUT2D eigenvalue weighted by Gasteiger charge is -2.36. The van der Waals surface area contributed by atoms with E-state index in [0.29, 0.717) is 23.7 Å². The van der Waals surface area contributed by atoms with Gasteiger partial charge in [-0.25, -0.2) is 0 Å². The van der Waals surface area contributed by atoms with Gasteiger partial charge < -0.3 is 20.3 Å². The van der Waals surface area contributed by atoms with Crippen LogP contribution in [0.2, 0.25) is 0 Å². The zero-order valence-electron chi connectivity index (χ0n) is 19.0. The Morgan fingerprint density at radius 1 is 1.32 bits per heavy atom. The van der Waals surface area contributed by atoms with Crippen LogP contribution in [0.4, 0.5) is 5.69 Å². The maximum atomic E-state index is 13.1. The van der Waals surface area contributed by atoms with Crippen LogP contribution in [0.25, 0.3) is 0 Å². The summed E-state index contributed by atoms with van der Waals surface area (Å²) in [6, 6.07) is 6.22. The standard InChI is InChI=1S/C24H34N4O3/c1-5-28(19-6-8-31-9-7-19)22-12-18(13-25)11-20(17(22)4)23(29)26-14-21-15(2)10-16(3)27-24(21)30/h11-12,15-16,19,21H,5-10,14H2,1-4H3,(H,26,29)(H,27,30). The highest BCUT2D eigenvalue weighted by Crippen LogP contribution is 2.30. The Bertz CT molecular complexity index is 857. The van der Waals surface area contributed by atoms with Crippen molar-refractivity contribution in [3.8, 4) is 6.07 Å². The second-order valence-corrected chi connectivity index (χ2v) is 8.85. The summed E-state index contributed by atoms with van der Waals surface area (Å²) in [7, 11) is 0. The summed E-state index contributed by atoms with van der Waals surface area (Å²) in [5, 5.41) is 15.5. The summed E-state index contributed by atoms with van der Waals surface area (Å²) >= 11 is 0. The Kier molecular flexibility index (Phi) is 7.55. The van der Waals surface area contributed by atoms with Crippen LogP contribution in [0.1, 0.15) is 61.5 Å². The molecule has 7 nitrogen and oxygen atoms in total. The van der Waals surface area contributed by atoms with E-state index in [2.05, 4.69) is 35.5 Å². The van der Waals surface area contributed by atoms with Crippen molar-refractivity contribution in [3.63, 3.8) is 0 Å². The Balaban J connectivity index is 1.82. The van der Waals surface area contributed by atoms with Gasteiger partial charge in [-0.15, -0.1) is 0 Å². The van der Waals surface area contributed by atoms with Crippen molar-refractivity contribution in [1.82, 2.24) is 10.6 Å². The molecule has 0 spiro atoms. The molecule has 0 saturated carbocycles. The van der Waals surface area contributed by atoms with Gasteiger partial charge >= 0.3 is 0 Å². The topological polar surface area (TPSA) is 94.5 Å². The highest BCUT2D eigenvalue weighted by Gasteiger charge is 2.32. The highest BCUT2D eigenvalue weighted by molar-refractivity contribution is 5.98. The molecule has 1 aromatic rings. The summed E-state index contributed by atoms with van der Waals surface area (Å²) in [6.45, 7) is 10.6. The van der Waals surface area contributed by atoms with Gasteiger partial charge in [-0.2, -0.15) is 5.26 Å². The van der Waals surface area contributed by atoms with Gasteiger partial charge in [0.25, 0.3) is 5.91 Å². The fraction of sp³-hybridized carbons (Fsp3) is 0.625. The van der Waals surface area contributed by atoms with E-state index >= 15 is 0 Å². The molecule has 0 aromatic heterocycles. The lowest BCUT2D eigenvalue weighted by atomic mass is 9.84. The molecule has 2 fully saturated rings. The molecule has 0 bridgehead atoms. The summed E-state index contributed by atoms with van der Waals surface area (Å²) in [4.78, 5) is 27.8. The fourth-order valence-corrected chi connectivity index (χ4v) is 4.90. The van der Waals surface area contributed by atoms with E-state index in [0.717, 1.165) is 50.3 Å². The van der Waals surface area contributed by atoms with Crippen LogP contribution in [0.5, 0.6) is 0 Å². The number of hydrogen-bond acceptors (Lipinski definition) is 5. The Hall–Kier alpha value is -2.59. The van der Waals surface area contributed by atoms with E-state index in [4.69, 9.17) is 4.74 Å². The molecule has 2 N–H and O–H groups in total. The smallest absolute Gasteiger partial charge is 0.251 e. The zero-order valence-corrected chi connectivity index (χ0v) is 19.0. The first-order valence-electron chi connectivity index (χ1n) is 11.3. The van der Waals surface area contributed by atoms with Gasteiger partial charge in [-0.05, 0) is 63.6 Å². The van der Waals surface area contributed by atoms with E-state index < -0.39 is 0 Å². The molecule has 0 radical (unpaired) electrons. The van der Waals surface area contributed by atoms with Crippen LogP contribution in [-0.2, 0) is 9.53 Å². The fourth-order valence-electron chi connectivity index (χ4n) is 4.90. The number of hydrogen-bond donors (Lipinski definition) is 2. The SMILES string of the molecule is CCN(c1cc(C#N)cc(C(=O)NCC2C(=O)NC(C)CC2C)c1C)C1CCOCC1. The molecule has 2 amide bonds. The van der Waals surface area contributed by atoms with Gasteiger partial charge in [-0.3, -0.25) is 9.59 Å². The second kappa shape index (κ2) is 10.1. The summed E-state index contributed by atoms with van der Waals surface area (Å²) in [5.41, 5.74) is 2.75. The molecule has 3 rings (SSSR count). The van der Waals surface area contributed by atoms with Crippen molar-refractivity contribution in [2.75, 3.05) is 31.2 Å². The van der Waals surface area contributed by atoms with Gasteiger partial charge in [0.2, 0.25) is 5.91 Å². The minimum atomic E-state index is -0.242. The molecule has 2 aliphatic rings. The number of rotatable bonds is 6. The first-order chi connectivity index (χ1) is 14.8. The number of amides is 2. The first-order valence-corrected chi connectivity index (χ1v) is 11.3. The average molecular weight is 427 g/mol. The van der Waals surface area contributed by atoms with Gasteiger partial charge in [-0.1, -0.05) is 6.92 Å². The van der Waals surface area contributed by atoms with Crippen LogP contribution in [0.3, 0.4) is 0 Å². The second-order valence-electron chi connectivity index (χ2n) is 8.85. The molecule has 2 aliphatic heterocycles. The largest absolute Gasteiger partial charge is 0.381 e. The molecule has 2 saturated heterocycles. The number of ether oxygens (including phenoxy) is 1. The minimum Gasteiger partial charge on any atom is -0.381 e. The Morgan fingerprint density at radius 2 is 2.03 bits per heavy atom. The average Bonchev–Trinajstić information content (AvgIpc) is 2.75. The molecule has 31 heavy (non-hydrogen) atoms. The number of benzene rings is 1. The van der Waals surface area contributed by atoms with Crippen molar-refractivity contribution < 1.29 is 14.3 Å².